The second-order valence-electron chi connectivity index (χ2n) is 7.46. The zero-order valence-corrected chi connectivity index (χ0v) is 16.8. The normalized spacial score (nSPS) is 15.4. The Kier molecular flexibility index (Phi) is 7.86. The molecule has 0 fully saturated rings. The average molecular weight is 385 g/mol. The summed E-state index contributed by atoms with van der Waals surface area (Å²) in [5, 5.41) is 19.6. The minimum atomic E-state index is -0.518. The molecule has 2 N–H and O–H groups in total. The summed E-state index contributed by atoms with van der Waals surface area (Å²) in [4.78, 5) is 4.48. The number of aliphatic hydroxyl groups is 2. The van der Waals surface area contributed by atoms with Crippen molar-refractivity contribution in [2.75, 3.05) is 39.4 Å². The third kappa shape index (κ3) is 6.04. The number of aliphatic hydroxyl groups excluding tert-OH is 2. The van der Waals surface area contributed by atoms with Crippen LogP contribution in [-0.4, -0.2) is 65.5 Å². The zero-order valence-electron chi connectivity index (χ0n) is 16.8. The first-order valence-electron chi connectivity index (χ1n) is 10.2. The van der Waals surface area contributed by atoms with Crippen molar-refractivity contribution in [2.24, 2.45) is 0 Å². The number of benzene rings is 2. The van der Waals surface area contributed by atoms with E-state index < -0.39 is 6.10 Å². The van der Waals surface area contributed by atoms with Crippen LogP contribution in [0, 0.1) is 0 Å². The van der Waals surface area contributed by atoms with E-state index in [0.717, 1.165) is 43.9 Å². The monoisotopic (exact) mass is 384 g/mol. The summed E-state index contributed by atoms with van der Waals surface area (Å²) >= 11 is 0. The maximum absolute atomic E-state index is 10.4. The van der Waals surface area contributed by atoms with Gasteiger partial charge in [0.05, 0.1) is 6.61 Å². The fraction of sp³-hybridized carbons (Fsp3) is 0.478. The summed E-state index contributed by atoms with van der Waals surface area (Å²) in [6, 6.07) is 16.5. The first kappa shape index (κ1) is 20.8. The molecule has 1 aliphatic heterocycles. The highest BCUT2D eigenvalue weighted by Crippen LogP contribution is 2.19. The van der Waals surface area contributed by atoms with Crippen LogP contribution in [0.5, 0.6) is 5.75 Å². The SMILES string of the molecule is CCN(CCO)Cc1cccc(OC[C@H](O)CN2CCc3ccccc3C2)c1. The van der Waals surface area contributed by atoms with Crippen molar-refractivity contribution in [1.29, 1.82) is 0 Å². The molecule has 1 aliphatic rings. The predicted octanol–water partition coefficient (Wildman–Crippen LogP) is 2.30. The molecule has 1 atom stereocenters. The number of fused-ring (bicyclic) bond motifs is 1. The van der Waals surface area contributed by atoms with E-state index in [9.17, 15) is 5.11 Å². The van der Waals surface area contributed by atoms with E-state index in [1.165, 1.54) is 11.1 Å². The van der Waals surface area contributed by atoms with Crippen LogP contribution >= 0.6 is 0 Å². The lowest BCUT2D eigenvalue weighted by atomic mass is 10.00. The summed E-state index contributed by atoms with van der Waals surface area (Å²) in [6.07, 6.45) is 0.517. The van der Waals surface area contributed by atoms with Crippen LogP contribution < -0.4 is 4.74 Å². The molecule has 0 saturated carbocycles. The lowest BCUT2D eigenvalue weighted by molar-refractivity contribution is 0.0637. The van der Waals surface area contributed by atoms with Crippen molar-refractivity contribution in [3.05, 3.63) is 65.2 Å². The molecular formula is C23H32N2O3. The van der Waals surface area contributed by atoms with E-state index in [1.807, 2.05) is 18.2 Å². The van der Waals surface area contributed by atoms with Crippen LogP contribution in [0.3, 0.4) is 0 Å². The van der Waals surface area contributed by atoms with Gasteiger partial charge in [0, 0.05) is 32.7 Å². The quantitative estimate of drug-likeness (QED) is 0.658. The molecule has 0 saturated heterocycles. The lowest BCUT2D eigenvalue weighted by Gasteiger charge is -2.30. The zero-order chi connectivity index (χ0) is 19.8. The maximum atomic E-state index is 10.4. The van der Waals surface area contributed by atoms with Crippen LogP contribution in [0.1, 0.15) is 23.6 Å². The number of β-amino-alcohol motifs (C(OH)–C–C–N with tert-alkyl or cyclic N) is 1. The number of rotatable bonds is 10. The van der Waals surface area contributed by atoms with E-state index in [-0.39, 0.29) is 13.2 Å². The Bertz CT molecular complexity index is 737. The summed E-state index contributed by atoms with van der Waals surface area (Å²) in [5.74, 6) is 0.778. The molecule has 2 aromatic rings. The van der Waals surface area contributed by atoms with Gasteiger partial charge in [-0.1, -0.05) is 43.3 Å². The summed E-state index contributed by atoms with van der Waals surface area (Å²) in [6.45, 7) is 7.36. The summed E-state index contributed by atoms with van der Waals surface area (Å²) < 4.78 is 5.85. The Morgan fingerprint density at radius 1 is 1.14 bits per heavy atom. The van der Waals surface area contributed by atoms with Gasteiger partial charge in [0.25, 0.3) is 0 Å². The van der Waals surface area contributed by atoms with Gasteiger partial charge >= 0.3 is 0 Å². The predicted molar refractivity (Wildman–Crippen MR) is 111 cm³/mol. The van der Waals surface area contributed by atoms with Crippen LogP contribution in [0.2, 0.25) is 0 Å². The first-order valence-corrected chi connectivity index (χ1v) is 10.2. The van der Waals surface area contributed by atoms with Gasteiger partial charge in [-0.25, -0.2) is 0 Å². The molecule has 5 heteroatoms. The van der Waals surface area contributed by atoms with Gasteiger partial charge < -0.3 is 14.9 Å². The highest BCUT2D eigenvalue weighted by atomic mass is 16.5. The van der Waals surface area contributed by atoms with Crippen molar-refractivity contribution in [3.8, 4) is 5.75 Å². The Hall–Kier alpha value is -1.92. The van der Waals surface area contributed by atoms with E-state index in [4.69, 9.17) is 9.84 Å². The molecule has 28 heavy (non-hydrogen) atoms. The Balaban J connectivity index is 1.47. The second kappa shape index (κ2) is 10.6. The number of nitrogens with zero attached hydrogens (tertiary/aromatic N) is 2. The third-order valence-electron chi connectivity index (χ3n) is 5.29. The van der Waals surface area contributed by atoms with Gasteiger partial charge in [0.15, 0.2) is 0 Å². The Morgan fingerprint density at radius 2 is 1.96 bits per heavy atom. The van der Waals surface area contributed by atoms with E-state index in [0.29, 0.717) is 13.1 Å². The lowest BCUT2D eigenvalue weighted by Crippen LogP contribution is -2.38. The highest BCUT2D eigenvalue weighted by Gasteiger charge is 2.18. The molecule has 1 heterocycles. The van der Waals surface area contributed by atoms with Crippen molar-refractivity contribution < 1.29 is 14.9 Å². The van der Waals surface area contributed by atoms with Crippen LogP contribution in [0.25, 0.3) is 0 Å². The van der Waals surface area contributed by atoms with Gasteiger partial charge in [-0.2, -0.15) is 0 Å². The molecule has 5 nitrogen and oxygen atoms in total. The minimum absolute atomic E-state index is 0.164. The molecule has 0 radical (unpaired) electrons. The molecule has 0 spiro atoms. The fourth-order valence-electron chi connectivity index (χ4n) is 3.74. The Morgan fingerprint density at radius 3 is 2.75 bits per heavy atom. The largest absolute Gasteiger partial charge is 0.491 e. The van der Waals surface area contributed by atoms with Crippen LogP contribution in [0.4, 0.5) is 0 Å². The van der Waals surface area contributed by atoms with Gasteiger partial charge in [0.2, 0.25) is 0 Å². The van der Waals surface area contributed by atoms with Crippen molar-refractivity contribution in [3.63, 3.8) is 0 Å². The molecule has 0 unspecified atom stereocenters. The molecule has 0 aliphatic carbocycles. The smallest absolute Gasteiger partial charge is 0.119 e. The summed E-state index contributed by atoms with van der Waals surface area (Å²) in [5.41, 5.74) is 3.93. The first-order chi connectivity index (χ1) is 13.7. The maximum Gasteiger partial charge on any atom is 0.119 e. The molecular weight excluding hydrogens is 352 g/mol. The van der Waals surface area contributed by atoms with Gasteiger partial charge in [-0.15, -0.1) is 0 Å². The molecule has 0 aromatic heterocycles. The van der Waals surface area contributed by atoms with Crippen LogP contribution in [0.15, 0.2) is 48.5 Å². The van der Waals surface area contributed by atoms with Gasteiger partial charge in [-0.05, 0) is 41.8 Å². The molecule has 2 aromatic carbocycles. The van der Waals surface area contributed by atoms with Gasteiger partial charge in [-0.3, -0.25) is 9.80 Å². The number of hydrogen-bond donors (Lipinski definition) is 2. The molecule has 3 rings (SSSR count). The number of hydrogen-bond acceptors (Lipinski definition) is 5. The summed E-state index contributed by atoms with van der Waals surface area (Å²) in [7, 11) is 0. The standard InChI is InChI=1S/C23H32N2O3/c1-2-24(12-13-26)15-19-6-5-9-23(14-19)28-18-22(27)17-25-11-10-20-7-3-4-8-21(20)16-25/h3-9,14,22,26-27H,2,10-13,15-18H2,1H3/t22-/m1/s1. The van der Waals surface area contributed by atoms with Crippen molar-refractivity contribution >= 4 is 0 Å². The van der Waals surface area contributed by atoms with E-state index >= 15 is 0 Å². The average Bonchev–Trinajstić information content (AvgIpc) is 2.72. The Labute approximate surface area is 168 Å². The molecule has 0 bridgehead atoms. The highest BCUT2D eigenvalue weighted by molar-refractivity contribution is 5.29. The molecule has 152 valence electrons. The van der Waals surface area contributed by atoms with Crippen molar-refractivity contribution in [1.82, 2.24) is 9.80 Å². The van der Waals surface area contributed by atoms with Crippen molar-refractivity contribution in [2.45, 2.75) is 32.5 Å². The van der Waals surface area contributed by atoms with E-state index in [2.05, 4.69) is 47.1 Å². The fourth-order valence-corrected chi connectivity index (χ4v) is 3.74. The number of ether oxygens (including phenoxy) is 1. The minimum Gasteiger partial charge on any atom is -0.491 e. The molecule has 0 amide bonds. The third-order valence-corrected chi connectivity index (χ3v) is 5.29. The topological polar surface area (TPSA) is 56.2 Å². The number of likely N-dealkylation sites (N-methyl/N-ethyl adjacent to an activating group) is 1. The van der Waals surface area contributed by atoms with Gasteiger partial charge in [0.1, 0.15) is 18.5 Å². The second-order valence-corrected chi connectivity index (χ2v) is 7.46. The van der Waals surface area contributed by atoms with Crippen LogP contribution in [-0.2, 0) is 19.5 Å². The van der Waals surface area contributed by atoms with E-state index in [1.54, 1.807) is 0 Å².